The first kappa shape index (κ1) is 9.59. The summed E-state index contributed by atoms with van der Waals surface area (Å²) in [6.45, 7) is 0. The lowest BCUT2D eigenvalue weighted by Crippen LogP contribution is -1.99. The van der Waals surface area contributed by atoms with E-state index in [1.54, 1.807) is 12.4 Å². The van der Waals surface area contributed by atoms with Crippen LogP contribution < -0.4 is 11.5 Å². The van der Waals surface area contributed by atoms with Crippen LogP contribution in [-0.4, -0.2) is 19.9 Å². The SMILES string of the molecule is Nc1nc(N)c2c(-c3cccnc3)c[nH]c2n1. The predicted molar refractivity (Wildman–Crippen MR) is 65.9 cm³/mol. The van der Waals surface area contributed by atoms with Crippen molar-refractivity contribution in [2.75, 3.05) is 11.5 Å². The van der Waals surface area contributed by atoms with Crippen LogP contribution >= 0.6 is 0 Å². The van der Waals surface area contributed by atoms with Gasteiger partial charge in [0.15, 0.2) is 0 Å². The molecule has 0 aliphatic carbocycles. The number of rotatable bonds is 1. The maximum absolute atomic E-state index is 5.87. The van der Waals surface area contributed by atoms with Gasteiger partial charge >= 0.3 is 0 Å². The molecule has 17 heavy (non-hydrogen) atoms. The number of nitrogen functional groups attached to an aromatic ring is 2. The summed E-state index contributed by atoms with van der Waals surface area (Å²) in [6.07, 6.45) is 5.31. The van der Waals surface area contributed by atoms with E-state index in [-0.39, 0.29) is 5.95 Å². The molecular formula is C11H10N6. The summed E-state index contributed by atoms with van der Waals surface area (Å²) in [5.74, 6) is 0.530. The quantitative estimate of drug-likeness (QED) is 0.577. The molecule has 0 atom stereocenters. The van der Waals surface area contributed by atoms with Gasteiger partial charge in [-0.2, -0.15) is 9.97 Å². The maximum Gasteiger partial charge on any atom is 0.223 e. The van der Waals surface area contributed by atoms with Crippen molar-refractivity contribution in [2.24, 2.45) is 0 Å². The van der Waals surface area contributed by atoms with E-state index < -0.39 is 0 Å². The summed E-state index contributed by atoms with van der Waals surface area (Å²) in [7, 11) is 0. The number of nitrogens with one attached hydrogen (secondary N) is 1. The van der Waals surface area contributed by atoms with E-state index in [2.05, 4.69) is 19.9 Å². The molecule has 84 valence electrons. The average molecular weight is 226 g/mol. The second kappa shape index (κ2) is 3.44. The fraction of sp³-hybridized carbons (Fsp3) is 0. The molecule has 3 heterocycles. The molecule has 0 aliphatic heterocycles. The summed E-state index contributed by atoms with van der Waals surface area (Å²) in [6, 6.07) is 3.81. The Balaban J connectivity index is 2.32. The minimum absolute atomic E-state index is 0.162. The minimum Gasteiger partial charge on any atom is -0.383 e. The number of anilines is 2. The van der Waals surface area contributed by atoms with E-state index in [0.29, 0.717) is 11.5 Å². The molecule has 3 rings (SSSR count). The number of hydrogen-bond acceptors (Lipinski definition) is 5. The number of hydrogen-bond donors (Lipinski definition) is 3. The molecule has 0 saturated carbocycles. The number of aromatic amines is 1. The highest BCUT2D eigenvalue weighted by atomic mass is 15.1. The van der Waals surface area contributed by atoms with Crippen LogP contribution in [0.1, 0.15) is 0 Å². The van der Waals surface area contributed by atoms with Gasteiger partial charge in [-0.15, -0.1) is 0 Å². The van der Waals surface area contributed by atoms with E-state index >= 15 is 0 Å². The first-order valence-corrected chi connectivity index (χ1v) is 5.06. The summed E-state index contributed by atoms with van der Waals surface area (Å²) in [5, 5.41) is 0.771. The van der Waals surface area contributed by atoms with Gasteiger partial charge in [0, 0.05) is 29.7 Å². The van der Waals surface area contributed by atoms with Gasteiger partial charge in [-0.25, -0.2) is 0 Å². The second-order valence-electron chi connectivity index (χ2n) is 3.63. The smallest absolute Gasteiger partial charge is 0.223 e. The van der Waals surface area contributed by atoms with Crippen LogP contribution in [-0.2, 0) is 0 Å². The lowest BCUT2D eigenvalue weighted by atomic mass is 10.1. The number of nitrogens with zero attached hydrogens (tertiary/aromatic N) is 3. The van der Waals surface area contributed by atoms with Crippen LogP contribution in [0.4, 0.5) is 11.8 Å². The maximum atomic E-state index is 5.87. The molecule has 0 saturated heterocycles. The lowest BCUT2D eigenvalue weighted by molar-refractivity contribution is 1.22. The van der Waals surface area contributed by atoms with Gasteiger partial charge in [0.2, 0.25) is 5.95 Å². The topological polar surface area (TPSA) is 106 Å². The molecule has 0 aliphatic rings. The molecule has 6 nitrogen and oxygen atoms in total. The number of H-pyrrole nitrogens is 1. The summed E-state index contributed by atoms with van der Waals surface area (Å²) >= 11 is 0. The van der Waals surface area contributed by atoms with Crippen LogP contribution in [0.25, 0.3) is 22.2 Å². The zero-order valence-corrected chi connectivity index (χ0v) is 8.88. The number of fused-ring (bicyclic) bond motifs is 1. The Bertz CT molecular complexity index is 673. The molecule has 0 unspecified atom stereocenters. The number of nitrogens with two attached hydrogens (primary N) is 2. The van der Waals surface area contributed by atoms with Gasteiger partial charge < -0.3 is 16.5 Å². The van der Waals surface area contributed by atoms with Gasteiger partial charge in [0.1, 0.15) is 11.5 Å². The van der Waals surface area contributed by atoms with Crippen LogP contribution in [0.3, 0.4) is 0 Å². The van der Waals surface area contributed by atoms with Crippen LogP contribution in [0.15, 0.2) is 30.7 Å². The fourth-order valence-electron chi connectivity index (χ4n) is 1.83. The van der Waals surface area contributed by atoms with Crippen molar-refractivity contribution in [3.8, 4) is 11.1 Å². The van der Waals surface area contributed by atoms with Crippen molar-refractivity contribution in [3.63, 3.8) is 0 Å². The van der Waals surface area contributed by atoms with Gasteiger partial charge in [-0.05, 0) is 6.07 Å². The normalized spacial score (nSPS) is 10.8. The molecule has 0 amide bonds. The number of pyridine rings is 1. The Kier molecular flexibility index (Phi) is 1.94. The molecule has 3 aromatic rings. The average Bonchev–Trinajstić information content (AvgIpc) is 2.74. The van der Waals surface area contributed by atoms with Gasteiger partial charge in [-0.3, -0.25) is 4.98 Å². The first-order chi connectivity index (χ1) is 8.25. The van der Waals surface area contributed by atoms with Gasteiger partial charge in [-0.1, -0.05) is 6.07 Å². The molecular weight excluding hydrogens is 216 g/mol. The molecule has 0 fully saturated rings. The molecule has 5 N–H and O–H groups in total. The van der Waals surface area contributed by atoms with Crippen molar-refractivity contribution >= 4 is 22.8 Å². The fourth-order valence-corrected chi connectivity index (χ4v) is 1.83. The minimum atomic E-state index is 0.162. The third-order valence-corrected chi connectivity index (χ3v) is 2.55. The van der Waals surface area contributed by atoms with E-state index in [1.165, 1.54) is 0 Å². The number of aromatic nitrogens is 4. The predicted octanol–water partition coefficient (Wildman–Crippen LogP) is 1.18. The molecule has 3 aromatic heterocycles. The highest BCUT2D eigenvalue weighted by Gasteiger charge is 2.11. The van der Waals surface area contributed by atoms with Crippen molar-refractivity contribution in [1.29, 1.82) is 0 Å². The highest BCUT2D eigenvalue weighted by molar-refractivity contribution is 6.00. The Hall–Kier alpha value is -2.63. The van der Waals surface area contributed by atoms with Gasteiger partial charge in [0.25, 0.3) is 0 Å². The third-order valence-electron chi connectivity index (χ3n) is 2.55. The zero-order valence-electron chi connectivity index (χ0n) is 8.88. The van der Waals surface area contributed by atoms with Crippen LogP contribution in [0, 0.1) is 0 Å². The van der Waals surface area contributed by atoms with E-state index in [9.17, 15) is 0 Å². The standard InChI is InChI=1S/C11H10N6/c12-9-8-7(6-2-1-3-14-4-6)5-15-10(8)17-11(13)16-9/h1-5H,(H5,12,13,15,16,17). The van der Waals surface area contributed by atoms with Crippen LogP contribution in [0.5, 0.6) is 0 Å². The second-order valence-corrected chi connectivity index (χ2v) is 3.63. The third kappa shape index (κ3) is 1.46. The molecule has 0 spiro atoms. The highest BCUT2D eigenvalue weighted by Crippen LogP contribution is 2.30. The lowest BCUT2D eigenvalue weighted by Gasteiger charge is -2.01. The summed E-state index contributed by atoms with van der Waals surface area (Å²) in [5.41, 5.74) is 13.9. The molecule has 0 aromatic carbocycles. The summed E-state index contributed by atoms with van der Waals surface area (Å²) < 4.78 is 0. The Morgan fingerprint density at radius 2 is 2.06 bits per heavy atom. The largest absolute Gasteiger partial charge is 0.383 e. The molecule has 6 heteroatoms. The van der Waals surface area contributed by atoms with Crippen LogP contribution in [0.2, 0.25) is 0 Å². The van der Waals surface area contributed by atoms with Crippen molar-refractivity contribution in [1.82, 2.24) is 19.9 Å². The first-order valence-electron chi connectivity index (χ1n) is 5.06. The Labute approximate surface area is 96.7 Å². The van der Waals surface area contributed by atoms with Crippen molar-refractivity contribution in [3.05, 3.63) is 30.7 Å². The van der Waals surface area contributed by atoms with E-state index in [1.807, 2.05) is 18.3 Å². The zero-order chi connectivity index (χ0) is 11.8. The van der Waals surface area contributed by atoms with Crippen molar-refractivity contribution < 1.29 is 0 Å². The van der Waals surface area contributed by atoms with Gasteiger partial charge in [0.05, 0.1) is 5.39 Å². The molecule has 0 bridgehead atoms. The van der Waals surface area contributed by atoms with E-state index in [0.717, 1.165) is 16.5 Å². The molecule has 0 radical (unpaired) electrons. The van der Waals surface area contributed by atoms with E-state index in [4.69, 9.17) is 11.5 Å². The Morgan fingerprint density at radius 3 is 2.82 bits per heavy atom. The Morgan fingerprint density at radius 1 is 1.18 bits per heavy atom. The van der Waals surface area contributed by atoms with Crippen molar-refractivity contribution in [2.45, 2.75) is 0 Å². The summed E-state index contributed by atoms with van der Waals surface area (Å²) in [4.78, 5) is 15.2. The monoisotopic (exact) mass is 226 g/mol.